The smallest absolute Gasteiger partial charge is 0.324 e. The molecule has 3 N–H and O–H groups in total. The van der Waals surface area contributed by atoms with Crippen LogP contribution in [0, 0.1) is 11.7 Å². The lowest BCUT2D eigenvalue weighted by molar-refractivity contribution is -0.143. The minimum Gasteiger partial charge on any atom is -0.480 e. The maximum Gasteiger partial charge on any atom is 0.324 e. The average Bonchev–Trinajstić information content (AvgIpc) is 3.11. The molecule has 0 heterocycles. The van der Waals surface area contributed by atoms with Crippen molar-refractivity contribution in [1.82, 2.24) is 0 Å². The standard InChI is InChI=1S/C12H14FNO2S/c13-9-3-5-10(6-4-9)17-7-12(14,11(15)16)8-1-2-8/h3-6,8H,1-2,7,14H2,(H,15,16). The van der Waals surface area contributed by atoms with Gasteiger partial charge in [0.1, 0.15) is 11.4 Å². The zero-order chi connectivity index (χ0) is 12.5. The topological polar surface area (TPSA) is 63.3 Å². The summed E-state index contributed by atoms with van der Waals surface area (Å²) in [7, 11) is 0. The quantitative estimate of drug-likeness (QED) is 0.791. The fourth-order valence-corrected chi connectivity index (χ4v) is 2.78. The third-order valence-electron chi connectivity index (χ3n) is 3.00. The van der Waals surface area contributed by atoms with Crippen LogP contribution in [0.25, 0.3) is 0 Å². The molecule has 0 aromatic heterocycles. The van der Waals surface area contributed by atoms with E-state index in [4.69, 9.17) is 10.8 Å². The minimum absolute atomic E-state index is 0.0768. The second-order valence-electron chi connectivity index (χ2n) is 4.36. The molecule has 1 aromatic rings. The van der Waals surface area contributed by atoms with Crippen molar-refractivity contribution in [2.24, 2.45) is 11.7 Å². The normalized spacial score (nSPS) is 18.7. The molecule has 0 radical (unpaired) electrons. The molecule has 0 saturated heterocycles. The van der Waals surface area contributed by atoms with E-state index in [1.54, 1.807) is 12.1 Å². The highest BCUT2D eigenvalue weighted by atomic mass is 32.2. The Morgan fingerprint density at radius 2 is 2.06 bits per heavy atom. The molecule has 1 aromatic carbocycles. The lowest BCUT2D eigenvalue weighted by Gasteiger charge is -2.23. The molecule has 1 unspecified atom stereocenters. The summed E-state index contributed by atoms with van der Waals surface area (Å²) < 4.78 is 12.7. The van der Waals surface area contributed by atoms with Crippen molar-refractivity contribution in [3.05, 3.63) is 30.1 Å². The number of hydrogen-bond acceptors (Lipinski definition) is 3. The first-order chi connectivity index (χ1) is 8.02. The lowest BCUT2D eigenvalue weighted by atomic mass is 9.98. The predicted molar refractivity (Wildman–Crippen MR) is 64.4 cm³/mol. The van der Waals surface area contributed by atoms with Crippen molar-refractivity contribution in [2.75, 3.05) is 5.75 Å². The van der Waals surface area contributed by atoms with Crippen LogP contribution in [-0.2, 0) is 4.79 Å². The first-order valence-electron chi connectivity index (χ1n) is 5.43. The van der Waals surface area contributed by atoms with Crippen molar-refractivity contribution < 1.29 is 14.3 Å². The summed E-state index contributed by atoms with van der Waals surface area (Å²) in [5.74, 6) is -0.852. The number of carboxylic acids is 1. The summed E-state index contributed by atoms with van der Waals surface area (Å²) in [6.45, 7) is 0. The first kappa shape index (κ1) is 12.4. The van der Waals surface area contributed by atoms with Gasteiger partial charge in [0.15, 0.2) is 0 Å². The van der Waals surface area contributed by atoms with Gasteiger partial charge in [0, 0.05) is 10.6 Å². The van der Waals surface area contributed by atoms with Crippen molar-refractivity contribution in [1.29, 1.82) is 0 Å². The van der Waals surface area contributed by atoms with Gasteiger partial charge in [-0.25, -0.2) is 4.39 Å². The molecular weight excluding hydrogens is 241 g/mol. The average molecular weight is 255 g/mol. The molecule has 1 atom stereocenters. The molecule has 1 saturated carbocycles. The van der Waals surface area contributed by atoms with E-state index in [1.165, 1.54) is 23.9 Å². The van der Waals surface area contributed by atoms with Gasteiger partial charge in [-0.3, -0.25) is 4.79 Å². The van der Waals surface area contributed by atoms with E-state index in [-0.39, 0.29) is 11.7 Å². The second kappa shape index (κ2) is 4.66. The van der Waals surface area contributed by atoms with Crippen LogP contribution in [0.3, 0.4) is 0 Å². The van der Waals surface area contributed by atoms with Gasteiger partial charge < -0.3 is 10.8 Å². The number of thioether (sulfide) groups is 1. The third-order valence-corrected chi connectivity index (χ3v) is 4.22. The van der Waals surface area contributed by atoms with Gasteiger partial charge in [-0.15, -0.1) is 11.8 Å². The van der Waals surface area contributed by atoms with Gasteiger partial charge in [-0.2, -0.15) is 0 Å². The van der Waals surface area contributed by atoms with E-state index in [0.29, 0.717) is 5.75 Å². The predicted octanol–water partition coefficient (Wildman–Crippen LogP) is 2.11. The second-order valence-corrected chi connectivity index (χ2v) is 5.41. The van der Waals surface area contributed by atoms with Crippen LogP contribution in [0.2, 0.25) is 0 Å². The minimum atomic E-state index is -1.15. The molecule has 1 fully saturated rings. The zero-order valence-corrected chi connectivity index (χ0v) is 10.0. The molecule has 5 heteroatoms. The molecule has 1 aliphatic rings. The Morgan fingerprint density at radius 3 is 2.53 bits per heavy atom. The van der Waals surface area contributed by atoms with Crippen molar-refractivity contribution >= 4 is 17.7 Å². The number of aliphatic carboxylic acids is 1. The number of rotatable bonds is 5. The molecule has 17 heavy (non-hydrogen) atoms. The Labute approximate surface area is 103 Å². The molecule has 3 nitrogen and oxygen atoms in total. The Kier molecular flexibility index (Phi) is 3.40. The van der Waals surface area contributed by atoms with Crippen molar-refractivity contribution in [3.8, 4) is 0 Å². The monoisotopic (exact) mass is 255 g/mol. The van der Waals surface area contributed by atoms with Crippen LogP contribution in [0.4, 0.5) is 4.39 Å². The van der Waals surface area contributed by atoms with Crippen LogP contribution in [0.15, 0.2) is 29.2 Å². The van der Waals surface area contributed by atoms with Crippen LogP contribution < -0.4 is 5.73 Å². The van der Waals surface area contributed by atoms with Crippen molar-refractivity contribution in [2.45, 2.75) is 23.3 Å². The Bertz CT molecular complexity index is 419. The van der Waals surface area contributed by atoms with Crippen molar-refractivity contribution in [3.63, 3.8) is 0 Å². The summed E-state index contributed by atoms with van der Waals surface area (Å²) in [5.41, 5.74) is 4.78. The van der Waals surface area contributed by atoms with Gasteiger partial charge in [-0.05, 0) is 43.0 Å². The van der Waals surface area contributed by atoms with Crippen LogP contribution in [0.1, 0.15) is 12.8 Å². The van der Waals surface area contributed by atoms with Gasteiger partial charge in [0.05, 0.1) is 0 Å². The van der Waals surface area contributed by atoms with E-state index >= 15 is 0 Å². The van der Waals surface area contributed by atoms with Crippen LogP contribution in [0.5, 0.6) is 0 Å². The first-order valence-corrected chi connectivity index (χ1v) is 6.41. The van der Waals surface area contributed by atoms with Gasteiger partial charge >= 0.3 is 5.97 Å². The number of nitrogens with two attached hydrogens (primary N) is 1. The van der Waals surface area contributed by atoms with E-state index < -0.39 is 11.5 Å². The molecule has 0 aliphatic heterocycles. The fourth-order valence-electron chi connectivity index (χ4n) is 1.69. The largest absolute Gasteiger partial charge is 0.480 e. The van der Waals surface area contributed by atoms with Gasteiger partial charge in [-0.1, -0.05) is 0 Å². The molecule has 92 valence electrons. The number of hydrogen-bond donors (Lipinski definition) is 2. The Morgan fingerprint density at radius 1 is 1.47 bits per heavy atom. The third kappa shape index (κ3) is 2.79. The molecule has 2 rings (SSSR count). The molecule has 1 aliphatic carbocycles. The summed E-state index contributed by atoms with van der Waals surface area (Å²) in [4.78, 5) is 12.0. The molecule has 0 amide bonds. The lowest BCUT2D eigenvalue weighted by Crippen LogP contribution is -2.52. The van der Waals surface area contributed by atoms with E-state index in [0.717, 1.165) is 17.7 Å². The number of carboxylic acid groups (broad SMARTS) is 1. The summed E-state index contributed by atoms with van der Waals surface area (Å²) in [5, 5.41) is 9.17. The highest BCUT2D eigenvalue weighted by molar-refractivity contribution is 7.99. The Balaban J connectivity index is 2.00. The van der Waals surface area contributed by atoms with E-state index in [1.807, 2.05) is 0 Å². The van der Waals surface area contributed by atoms with Gasteiger partial charge in [0.2, 0.25) is 0 Å². The maximum atomic E-state index is 12.7. The van der Waals surface area contributed by atoms with E-state index in [9.17, 15) is 9.18 Å². The Hall–Kier alpha value is -1.07. The maximum absolute atomic E-state index is 12.7. The molecule has 0 spiro atoms. The summed E-state index contributed by atoms with van der Waals surface area (Å²) in [6, 6.07) is 5.99. The fraction of sp³-hybridized carbons (Fsp3) is 0.417. The summed E-state index contributed by atoms with van der Waals surface area (Å²) in [6.07, 6.45) is 1.76. The molecule has 0 bridgehead atoms. The van der Waals surface area contributed by atoms with Crippen LogP contribution in [-0.4, -0.2) is 22.4 Å². The summed E-state index contributed by atoms with van der Waals surface area (Å²) >= 11 is 1.36. The zero-order valence-electron chi connectivity index (χ0n) is 9.23. The number of halogens is 1. The molecular formula is C12H14FNO2S. The van der Waals surface area contributed by atoms with Gasteiger partial charge in [0.25, 0.3) is 0 Å². The van der Waals surface area contributed by atoms with Crippen LogP contribution >= 0.6 is 11.8 Å². The number of carbonyl (C=O) groups is 1. The SMILES string of the molecule is NC(CSc1ccc(F)cc1)(C(=O)O)C1CC1. The highest BCUT2D eigenvalue weighted by Crippen LogP contribution is 2.41. The highest BCUT2D eigenvalue weighted by Gasteiger charge is 2.48. The van der Waals surface area contributed by atoms with E-state index in [2.05, 4.69) is 0 Å². The number of benzene rings is 1.